The number of rotatable bonds is 2. The van der Waals surface area contributed by atoms with Crippen molar-refractivity contribution in [3.8, 4) is 28.0 Å². The van der Waals surface area contributed by atoms with E-state index in [1.165, 1.54) is 65.3 Å². The molecule has 2 aliphatic rings. The zero-order chi connectivity index (χ0) is 26.9. The molecule has 0 N–H and O–H groups in total. The maximum Gasteiger partial charge on any atom is 0.132 e. The molecule has 2 unspecified atom stereocenters. The molecule has 0 spiro atoms. The van der Waals surface area contributed by atoms with Crippen molar-refractivity contribution in [1.29, 1.82) is 0 Å². The molecule has 0 amide bonds. The van der Waals surface area contributed by atoms with Gasteiger partial charge in [0.15, 0.2) is 0 Å². The summed E-state index contributed by atoms with van der Waals surface area (Å²) in [4.78, 5) is 0. The number of hydrogen-bond acceptors (Lipinski definition) is 1. The molecular formula is C40H26O. The number of fused-ring (bicyclic) bond motifs is 11. The minimum atomic E-state index is 0.0758. The SMILES string of the molecule is C1=CC2Oc3c(-c4cccc(-c5cc6c7ccccc7c7ccccc7c6c6ccccc56)c4)cccc3C2C=C1. The first kappa shape index (κ1) is 22.7. The third kappa shape index (κ3) is 3.30. The van der Waals surface area contributed by atoms with Crippen LogP contribution in [0.1, 0.15) is 11.5 Å². The second kappa shape index (κ2) is 8.68. The van der Waals surface area contributed by atoms with Gasteiger partial charge in [0, 0.05) is 17.0 Å². The summed E-state index contributed by atoms with van der Waals surface area (Å²) in [6.45, 7) is 0. The summed E-state index contributed by atoms with van der Waals surface area (Å²) in [5, 5.41) is 10.4. The summed E-state index contributed by atoms with van der Waals surface area (Å²) in [6.07, 6.45) is 8.72. The molecule has 1 heterocycles. The first-order valence-corrected chi connectivity index (χ1v) is 14.4. The van der Waals surface area contributed by atoms with Gasteiger partial charge in [-0.3, -0.25) is 0 Å². The fourth-order valence-corrected chi connectivity index (χ4v) is 7.15. The van der Waals surface area contributed by atoms with Gasteiger partial charge in [0.2, 0.25) is 0 Å². The van der Waals surface area contributed by atoms with Crippen LogP contribution in [0.25, 0.3) is 65.3 Å². The van der Waals surface area contributed by atoms with Gasteiger partial charge in [-0.05, 0) is 78.0 Å². The topological polar surface area (TPSA) is 9.23 Å². The van der Waals surface area contributed by atoms with Crippen LogP contribution in [0.15, 0.2) is 146 Å². The van der Waals surface area contributed by atoms with Crippen molar-refractivity contribution >= 4 is 43.1 Å². The van der Waals surface area contributed by atoms with Gasteiger partial charge in [-0.25, -0.2) is 0 Å². The summed E-state index contributed by atoms with van der Waals surface area (Å²) in [6, 6.07) is 44.5. The maximum atomic E-state index is 6.52. The molecule has 9 rings (SSSR count). The van der Waals surface area contributed by atoms with Gasteiger partial charge in [-0.15, -0.1) is 0 Å². The predicted molar refractivity (Wildman–Crippen MR) is 173 cm³/mol. The smallest absolute Gasteiger partial charge is 0.132 e. The summed E-state index contributed by atoms with van der Waals surface area (Å²) in [5.74, 6) is 1.29. The van der Waals surface area contributed by atoms with E-state index in [-0.39, 0.29) is 12.0 Å². The van der Waals surface area contributed by atoms with Gasteiger partial charge < -0.3 is 4.74 Å². The molecule has 1 nitrogen and oxygen atoms in total. The lowest BCUT2D eigenvalue weighted by atomic mass is 9.86. The molecule has 0 radical (unpaired) electrons. The molecule has 2 atom stereocenters. The average molecular weight is 523 g/mol. The fraction of sp³-hybridized carbons (Fsp3) is 0.0500. The Hall–Kier alpha value is -5.14. The first-order chi connectivity index (χ1) is 20.3. The zero-order valence-electron chi connectivity index (χ0n) is 22.4. The van der Waals surface area contributed by atoms with Crippen LogP contribution < -0.4 is 4.74 Å². The monoisotopic (exact) mass is 522 g/mol. The largest absolute Gasteiger partial charge is 0.484 e. The summed E-state index contributed by atoms with van der Waals surface area (Å²) in [5.41, 5.74) is 6.07. The maximum absolute atomic E-state index is 6.52. The normalized spacial score (nSPS) is 17.3. The number of ether oxygens (including phenoxy) is 1. The van der Waals surface area contributed by atoms with E-state index in [1.54, 1.807) is 0 Å². The molecule has 7 aromatic carbocycles. The number of para-hydroxylation sites is 1. The Bertz CT molecular complexity index is 2250. The highest BCUT2D eigenvalue weighted by Gasteiger charge is 2.33. The van der Waals surface area contributed by atoms with Crippen LogP contribution in [0.3, 0.4) is 0 Å². The molecule has 1 aliphatic carbocycles. The standard InChI is InChI=1S/C40H26O/c1-2-15-30-28(13-1)29-14-3-5-18-33(29)39-34-19-6-4-16-31(34)36(24-37(30)39)26-12-9-11-25(23-26)27-20-10-21-35-32-17-7-8-22-38(32)41-40(27)35/h1-24,32,38H. The Morgan fingerprint density at radius 2 is 1.02 bits per heavy atom. The summed E-state index contributed by atoms with van der Waals surface area (Å²) < 4.78 is 6.52. The highest BCUT2D eigenvalue weighted by Crippen LogP contribution is 2.48. The van der Waals surface area contributed by atoms with E-state index in [0.29, 0.717) is 0 Å². The van der Waals surface area contributed by atoms with Gasteiger partial charge in [0.25, 0.3) is 0 Å². The third-order valence-corrected chi connectivity index (χ3v) is 8.98. The van der Waals surface area contributed by atoms with Crippen molar-refractivity contribution in [2.24, 2.45) is 0 Å². The summed E-state index contributed by atoms with van der Waals surface area (Å²) in [7, 11) is 0. The van der Waals surface area contributed by atoms with E-state index < -0.39 is 0 Å². The molecule has 7 aromatic rings. The molecule has 0 aromatic heterocycles. The fourth-order valence-electron chi connectivity index (χ4n) is 7.15. The van der Waals surface area contributed by atoms with E-state index in [9.17, 15) is 0 Å². The number of hydrogen-bond donors (Lipinski definition) is 0. The Kier molecular flexibility index (Phi) is 4.80. The van der Waals surface area contributed by atoms with E-state index >= 15 is 0 Å². The third-order valence-electron chi connectivity index (χ3n) is 8.98. The van der Waals surface area contributed by atoms with Crippen molar-refractivity contribution < 1.29 is 4.74 Å². The lowest BCUT2D eigenvalue weighted by molar-refractivity contribution is 0.270. The average Bonchev–Trinajstić information content (AvgIpc) is 3.43. The van der Waals surface area contributed by atoms with E-state index in [0.717, 1.165) is 11.3 Å². The van der Waals surface area contributed by atoms with Crippen molar-refractivity contribution in [1.82, 2.24) is 0 Å². The molecule has 0 bridgehead atoms. The molecule has 0 fully saturated rings. The van der Waals surface area contributed by atoms with E-state index in [2.05, 4.69) is 146 Å². The van der Waals surface area contributed by atoms with Gasteiger partial charge in [-0.1, -0.05) is 127 Å². The number of benzene rings is 7. The lowest BCUT2D eigenvalue weighted by Gasteiger charge is -2.17. The van der Waals surface area contributed by atoms with Crippen LogP contribution in [-0.2, 0) is 0 Å². The van der Waals surface area contributed by atoms with Crippen LogP contribution >= 0.6 is 0 Å². The minimum Gasteiger partial charge on any atom is -0.484 e. The van der Waals surface area contributed by atoms with Crippen LogP contribution in [0.5, 0.6) is 5.75 Å². The van der Waals surface area contributed by atoms with Gasteiger partial charge >= 0.3 is 0 Å². The molecule has 1 heteroatoms. The second-order valence-corrected chi connectivity index (χ2v) is 11.2. The van der Waals surface area contributed by atoms with Crippen molar-refractivity contribution in [3.05, 3.63) is 151 Å². The molecule has 1 aliphatic heterocycles. The summed E-state index contributed by atoms with van der Waals surface area (Å²) >= 11 is 0. The Labute approximate surface area is 238 Å². The van der Waals surface area contributed by atoms with Gasteiger partial charge in [0.1, 0.15) is 11.9 Å². The van der Waals surface area contributed by atoms with Crippen molar-refractivity contribution in [2.45, 2.75) is 12.0 Å². The van der Waals surface area contributed by atoms with Crippen LogP contribution in [0.4, 0.5) is 0 Å². The minimum absolute atomic E-state index is 0.0758. The van der Waals surface area contributed by atoms with Gasteiger partial charge in [0.05, 0.1) is 0 Å². The van der Waals surface area contributed by atoms with Crippen LogP contribution in [0.2, 0.25) is 0 Å². The highest BCUT2D eigenvalue weighted by molar-refractivity contribution is 6.33. The van der Waals surface area contributed by atoms with Crippen LogP contribution in [0, 0.1) is 0 Å². The Balaban J connectivity index is 1.31. The van der Waals surface area contributed by atoms with Crippen molar-refractivity contribution in [3.63, 3.8) is 0 Å². The molecule has 41 heavy (non-hydrogen) atoms. The Morgan fingerprint density at radius 1 is 0.439 bits per heavy atom. The highest BCUT2D eigenvalue weighted by atomic mass is 16.5. The Morgan fingerprint density at radius 3 is 1.80 bits per heavy atom. The first-order valence-electron chi connectivity index (χ1n) is 14.4. The molecule has 0 saturated heterocycles. The molecule has 0 saturated carbocycles. The molecular weight excluding hydrogens is 496 g/mol. The lowest BCUT2D eigenvalue weighted by Crippen LogP contribution is -2.15. The van der Waals surface area contributed by atoms with E-state index in [4.69, 9.17) is 4.74 Å². The van der Waals surface area contributed by atoms with Crippen molar-refractivity contribution in [2.75, 3.05) is 0 Å². The van der Waals surface area contributed by atoms with E-state index in [1.807, 2.05) is 0 Å². The second-order valence-electron chi connectivity index (χ2n) is 11.2. The van der Waals surface area contributed by atoms with Crippen LogP contribution in [-0.4, -0.2) is 6.10 Å². The number of allylic oxidation sites excluding steroid dienone is 2. The van der Waals surface area contributed by atoms with Gasteiger partial charge in [-0.2, -0.15) is 0 Å². The quantitative estimate of drug-likeness (QED) is 0.205. The predicted octanol–water partition coefficient (Wildman–Crippen LogP) is 10.6. The molecule has 192 valence electrons. The zero-order valence-corrected chi connectivity index (χ0v) is 22.4.